The molecule has 0 atom stereocenters. The van der Waals surface area contributed by atoms with Gasteiger partial charge >= 0.3 is 0 Å². The Labute approximate surface area is 151 Å². The van der Waals surface area contributed by atoms with Crippen molar-refractivity contribution in [1.29, 1.82) is 0 Å². The van der Waals surface area contributed by atoms with Gasteiger partial charge in [0.2, 0.25) is 5.88 Å². The molecule has 128 valence electrons. The van der Waals surface area contributed by atoms with Crippen LogP contribution in [0.5, 0.6) is 5.88 Å². The van der Waals surface area contributed by atoms with E-state index in [4.69, 9.17) is 4.74 Å². The first kappa shape index (κ1) is 17.2. The molecule has 25 heavy (non-hydrogen) atoms. The molecule has 2 heterocycles. The van der Waals surface area contributed by atoms with Gasteiger partial charge in [-0.1, -0.05) is 36.4 Å². The van der Waals surface area contributed by atoms with E-state index in [2.05, 4.69) is 4.98 Å². The van der Waals surface area contributed by atoms with Crippen molar-refractivity contribution in [3.63, 3.8) is 0 Å². The zero-order valence-electron chi connectivity index (χ0n) is 14.3. The molecule has 3 aromatic rings. The van der Waals surface area contributed by atoms with Crippen molar-refractivity contribution >= 4 is 22.9 Å². The first-order valence-corrected chi connectivity index (χ1v) is 9.03. The minimum atomic E-state index is -0.0295. The lowest BCUT2D eigenvalue weighted by atomic mass is 10.2. The first-order valence-electron chi connectivity index (χ1n) is 8.15. The maximum absolute atomic E-state index is 13.0. The number of aromatic nitrogens is 1. The Hall–Kier alpha value is -2.66. The van der Waals surface area contributed by atoms with Crippen molar-refractivity contribution in [3.8, 4) is 5.88 Å². The standard InChI is InChI=1S/C20H20N2O2S/c1-15(2)24-19-11-10-17(13-21-19)22(14-16-7-4-3-5-8-16)20(23)18-9-6-12-25-18/h3-13,15H,14H2,1-2H3. The molecule has 0 unspecified atom stereocenters. The SMILES string of the molecule is CC(C)Oc1ccc(N(Cc2ccccc2)C(=O)c2cccs2)cn1. The third kappa shape index (κ3) is 4.45. The van der Waals surface area contributed by atoms with E-state index in [1.807, 2.05) is 67.8 Å². The van der Waals surface area contributed by atoms with Crippen LogP contribution in [0.1, 0.15) is 29.1 Å². The Balaban J connectivity index is 1.89. The summed E-state index contributed by atoms with van der Waals surface area (Å²) in [6.07, 6.45) is 1.75. The number of carbonyl (C=O) groups is 1. The summed E-state index contributed by atoms with van der Waals surface area (Å²) >= 11 is 1.44. The molecular weight excluding hydrogens is 332 g/mol. The fourth-order valence-electron chi connectivity index (χ4n) is 2.42. The van der Waals surface area contributed by atoms with E-state index in [9.17, 15) is 4.79 Å². The number of hydrogen-bond donors (Lipinski definition) is 0. The molecule has 2 aromatic heterocycles. The van der Waals surface area contributed by atoms with Crippen LogP contribution < -0.4 is 9.64 Å². The van der Waals surface area contributed by atoms with Crippen LogP contribution in [0.15, 0.2) is 66.2 Å². The second kappa shape index (κ2) is 7.94. The third-order valence-corrected chi connectivity index (χ3v) is 4.41. The molecule has 1 aromatic carbocycles. The first-order chi connectivity index (χ1) is 12.1. The van der Waals surface area contributed by atoms with Crippen LogP contribution in [-0.4, -0.2) is 17.0 Å². The molecule has 1 amide bonds. The highest BCUT2D eigenvalue weighted by Crippen LogP contribution is 2.23. The molecule has 0 aliphatic heterocycles. The van der Waals surface area contributed by atoms with Crippen molar-refractivity contribution in [1.82, 2.24) is 4.98 Å². The number of nitrogens with zero attached hydrogens (tertiary/aromatic N) is 2. The Morgan fingerprint density at radius 2 is 1.92 bits per heavy atom. The van der Waals surface area contributed by atoms with E-state index in [0.717, 1.165) is 11.3 Å². The summed E-state index contributed by atoms with van der Waals surface area (Å²) in [7, 11) is 0. The maximum atomic E-state index is 13.0. The predicted octanol–water partition coefficient (Wildman–Crippen LogP) is 4.78. The lowest BCUT2D eigenvalue weighted by molar-refractivity contribution is 0.0989. The number of thiophene rings is 1. The molecule has 3 rings (SSSR count). The molecule has 5 heteroatoms. The maximum Gasteiger partial charge on any atom is 0.268 e. The number of pyridine rings is 1. The Morgan fingerprint density at radius 3 is 2.52 bits per heavy atom. The number of rotatable bonds is 6. The summed E-state index contributed by atoms with van der Waals surface area (Å²) in [5.41, 5.74) is 1.81. The summed E-state index contributed by atoms with van der Waals surface area (Å²) in [6.45, 7) is 4.40. The van der Waals surface area contributed by atoms with Crippen LogP contribution in [-0.2, 0) is 6.54 Å². The smallest absolute Gasteiger partial charge is 0.268 e. The summed E-state index contributed by atoms with van der Waals surface area (Å²) < 4.78 is 5.59. The molecule has 0 spiro atoms. The lowest BCUT2D eigenvalue weighted by Crippen LogP contribution is -2.29. The van der Waals surface area contributed by atoms with E-state index in [1.165, 1.54) is 11.3 Å². The van der Waals surface area contributed by atoms with Crippen LogP contribution >= 0.6 is 11.3 Å². The van der Waals surface area contributed by atoms with Gasteiger partial charge in [-0.25, -0.2) is 4.98 Å². The highest BCUT2D eigenvalue weighted by atomic mass is 32.1. The number of amides is 1. The molecule has 0 fully saturated rings. The van der Waals surface area contributed by atoms with Crippen molar-refractivity contribution in [2.45, 2.75) is 26.5 Å². The van der Waals surface area contributed by atoms with E-state index < -0.39 is 0 Å². The minimum Gasteiger partial charge on any atom is -0.475 e. The van der Waals surface area contributed by atoms with Gasteiger partial charge in [-0.15, -0.1) is 11.3 Å². The van der Waals surface area contributed by atoms with Crippen molar-refractivity contribution in [2.24, 2.45) is 0 Å². The highest BCUT2D eigenvalue weighted by molar-refractivity contribution is 7.12. The number of ether oxygens (including phenoxy) is 1. The van der Waals surface area contributed by atoms with Crippen LogP contribution in [0.25, 0.3) is 0 Å². The molecule has 0 radical (unpaired) electrons. The monoisotopic (exact) mass is 352 g/mol. The number of hydrogen-bond acceptors (Lipinski definition) is 4. The van der Waals surface area contributed by atoms with Gasteiger partial charge in [0, 0.05) is 6.07 Å². The normalized spacial score (nSPS) is 10.7. The largest absolute Gasteiger partial charge is 0.475 e. The van der Waals surface area contributed by atoms with Gasteiger partial charge in [0.15, 0.2) is 0 Å². The lowest BCUT2D eigenvalue weighted by Gasteiger charge is -2.22. The Kier molecular flexibility index (Phi) is 5.46. The predicted molar refractivity (Wildman–Crippen MR) is 101 cm³/mol. The Morgan fingerprint density at radius 1 is 1.12 bits per heavy atom. The topological polar surface area (TPSA) is 42.4 Å². The van der Waals surface area contributed by atoms with Crippen LogP contribution in [0.4, 0.5) is 5.69 Å². The van der Waals surface area contributed by atoms with Gasteiger partial charge in [-0.05, 0) is 36.9 Å². The fourth-order valence-corrected chi connectivity index (χ4v) is 3.09. The minimum absolute atomic E-state index is 0.0295. The molecular formula is C20H20N2O2S. The molecule has 0 saturated carbocycles. The van der Waals surface area contributed by atoms with Crippen LogP contribution in [0.2, 0.25) is 0 Å². The van der Waals surface area contributed by atoms with Gasteiger partial charge in [0.05, 0.1) is 29.4 Å². The van der Waals surface area contributed by atoms with Crippen molar-refractivity contribution in [3.05, 3.63) is 76.6 Å². The fraction of sp³-hybridized carbons (Fsp3) is 0.200. The average molecular weight is 352 g/mol. The summed E-state index contributed by atoms with van der Waals surface area (Å²) in [5, 5.41) is 1.91. The van der Waals surface area contributed by atoms with E-state index in [0.29, 0.717) is 17.3 Å². The zero-order valence-corrected chi connectivity index (χ0v) is 15.1. The molecule has 0 bridgehead atoms. The van der Waals surface area contributed by atoms with E-state index >= 15 is 0 Å². The summed E-state index contributed by atoms with van der Waals surface area (Å²) in [5.74, 6) is 0.528. The van der Waals surface area contributed by atoms with Crippen LogP contribution in [0, 0.1) is 0 Å². The number of anilines is 1. The average Bonchev–Trinajstić information content (AvgIpc) is 3.15. The van der Waals surface area contributed by atoms with Crippen molar-refractivity contribution < 1.29 is 9.53 Å². The molecule has 0 aliphatic rings. The van der Waals surface area contributed by atoms with Gasteiger partial charge in [0.1, 0.15) is 0 Å². The number of carbonyl (C=O) groups excluding carboxylic acids is 1. The van der Waals surface area contributed by atoms with Gasteiger partial charge in [-0.2, -0.15) is 0 Å². The van der Waals surface area contributed by atoms with E-state index in [-0.39, 0.29) is 12.0 Å². The quantitative estimate of drug-likeness (QED) is 0.641. The molecule has 0 aliphatic carbocycles. The van der Waals surface area contributed by atoms with Crippen LogP contribution in [0.3, 0.4) is 0 Å². The van der Waals surface area contributed by atoms with E-state index in [1.54, 1.807) is 17.2 Å². The summed E-state index contributed by atoms with van der Waals surface area (Å²) in [6, 6.07) is 17.3. The zero-order chi connectivity index (χ0) is 17.6. The highest BCUT2D eigenvalue weighted by Gasteiger charge is 2.19. The second-order valence-electron chi connectivity index (χ2n) is 5.88. The van der Waals surface area contributed by atoms with Crippen molar-refractivity contribution in [2.75, 3.05) is 4.90 Å². The number of benzene rings is 1. The Bertz CT molecular complexity index is 799. The second-order valence-corrected chi connectivity index (χ2v) is 6.82. The molecule has 0 saturated heterocycles. The summed E-state index contributed by atoms with van der Waals surface area (Å²) in [4.78, 5) is 19.7. The molecule has 4 nitrogen and oxygen atoms in total. The molecule has 0 N–H and O–H groups in total. The van der Waals surface area contributed by atoms with Gasteiger partial charge in [-0.3, -0.25) is 4.79 Å². The third-order valence-electron chi connectivity index (χ3n) is 3.55. The van der Waals surface area contributed by atoms with Gasteiger partial charge < -0.3 is 9.64 Å². The van der Waals surface area contributed by atoms with Gasteiger partial charge in [0.25, 0.3) is 5.91 Å².